The molecule has 1 aromatic carbocycles. The molecule has 5 nitrogen and oxygen atoms in total. The van der Waals surface area contributed by atoms with E-state index in [-0.39, 0.29) is 5.91 Å². The predicted octanol–water partition coefficient (Wildman–Crippen LogP) is 2.71. The second-order valence-electron chi connectivity index (χ2n) is 4.40. The minimum absolute atomic E-state index is 0.161. The van der Waals surface area contributed by atoms with Gasteiger partial charge >= 0.3 is 0 Å². The lowest BCUT2D eigenvalue weighted by molar-refractivity contribution is -0.169. The topological polar surface area (TPSA) is 54.5 Å². The average Bonchev–Trinajstić information content (AvgIpc) is 2.45. The molecule has 1 heterocycles. The van der Waals surface area contributed by atoms with E-state index in [1.165, 1.54) is 12.2 Å². The van der Waals surface area contributed by atoms with Gasteiger partial charge in [0, 0.05) is 29.3 Å². The Morgan fingerprint density at radius 3 is 2.90 bits per heavy atom. The van der Waals surface area contributed by atoms with Gasteiger partial charge in [-0.3, -0.25) is 14.6 Å². The molecule has 1 N–H and O–H groups in total. The molecule has 2 rings (SSSR count). The van der Waals surface area contributed by atoms with Gasteiger partial charge in [0.15, 0.2) is 0 Å². The maximum atomic E-state index is 12.0. The molecule has 0 aliphatic rings. The number of likely N-dealkylation sites (N-methyl/N-ethyl adjacent to an activating group) is 1. The van der Waals surface area contributed by atoms with E-state index in [1.54, 1.807) is 32.3 Å². The summed E-state index contributed by atoms with van der Waals surface area (Å²) >= 11 is 5.95. The smallest absolute Gasteiger partial charge is 0.268 e. The molecular weight excluding hydrogens is 278 g/mol. The summed E-state index contributed by atoms with van der Waals surface area (Å²) in [5, 5.41) is 5.90. The molecule has 0 radical (unpaired) electrons. The van der Waals surface area contributed by atoms with Gasteiger partial charge in [0.25, 0.3) is 5.91 Å². The van der Waals surface area contributed by atoms with Crippen molar-refractivity contribution in [3.05, 3.63) is 35.5 Å². The molecule has 2 aromatic rings. The van der Waals surface area contributed by atoms with Crippen LogP contribution in [-0.4, -0.2) is 36.2 Å². The number of rotatable bonds is 4. The molecule has 106 valence electrons. The summed E-state index contributed by atoms with van der Waals surface area (Å²) in [7, 11) is 3.03. The Hall–Kier alpha value is -1.85. The van der Waals surface area contributed by atoms with Crippen molar-refractivity contribution < 1.29 is 9.63 Å². The zero-order valence-corrected chi connectivity index (χ0v) is 12.3. The number of hydrogen-bond donors (Lipinski definition) is 1. The third kappa shape index (κ3) is 3.00. The number of carbonyl (C=O) groups excluding carboxylic acids is 1. The van der Waals surface area contributed by atoms with Gasteiger partial charge in [-0.15, -0.1) is 0 Å². The van der Waals surface area contributed by atoms with E-state index in [4.69, 9.17) is 16.4 Å². The third-order valence-corrected chi connectivity index (χ3v) is 3.27. The first-order valence-corrected chi connectivity index (χ1v) is 6.53. The van der Waals surface area contributed by atoms with Crippen LogP contribution in [0.4, 0.5) is 5.69 Å². The predicted molar refractivity (Wildman–Crippen MR) is 79.6 cm³/mol. The number of amides is 1. The van der Waals surface area contributed by atoms with Crippen molar-refractivity contribution in [2.24, 2.45) is 0 Å². The zero-order chi connectivity index (χ0) is 14.7. The first-order chi connectivity index (χ1) is 9.52. The van der Waals surface area contributed by atoms with Crippen LogP contribution in [0.5, 0.6) is 0 Å². The van der Waals surface area contributed by atoms with Gasteiger partial charge < -0.3 is 5.32 Å². The lowest BCUT2D eigenvalue weighted by Gasteiger charge is -2.21. The van der Waals surface area contributed by atoms with Crippen molar-refractivity contribution in [3.8, 4) is 0 Å². The lowest BCUT2D eigenvalue weighted by Crippen LogP contribution is -2.38. The zero-order valence-electron chi connectivity index (χ0n) is 11.6. The van der Waals surface area contributed by atoms with Crippen LogP contribution in [0, 0.1) is 0 Å². The molecule has 0 bridgehead atoms. The van der Waals surface area contributed by atoms with E-state index in [9.17, 15) is 4.79 Å². The normalized spacial score (nSPS) is 12.2. The number of fused-ring (bicyclic) bond motifs is 1. The molecular formula is C14H16ClN3O2. The first-order valence-electron chi connectivity index (χ1n) is 6.15. The van der Waals surface area contributed by atoms with E-state index >= 15 is 0 Å². The summed E-state index contributed by atoms with van der Waals surface area (Å²) in [5.41, 5.74) is 1.61. The number of nitrogens with one attached hydrogen (secondary N) is 1. The maximum absolute atomic E-state index is 12.0. The van der Waals surface area contributed by atoms with Crippen molar-refractivity contribution >= 4 is 34.1 Å². The highest BCUT2D eigenvalue weighted by atomic mass is 35.5. The van der Waals surface area contributed by atoms with Gasteiger partial charge in [0.05, 0.1) is 12.6 Å². The van der Waals surface area contributed by atoms with Crippen LogP contribution < -0.4 is 5.32 Å². The molecule has 20 heavy (non-hydrogen) atoms. The van der Waals surface area contributed by atoms with Gasteiger partial charge in [0.1, 0.15) is 6.04 Å². The van der Waals surface area contributed by atoms with E-state index in [2.05, 4.69) is 10.3 Å². The van der Waals surface area contributed by atoms with Crippen molar-refractivity contribution in [2.45, 2.75) is 13.0 Å². The van der Waals surface area contributed by atoms with Crippen LogP contribution >= 0.6 is 11.6 Å². The summed E-state index contributed by atoms with van der Waals surface area (Å²) in [6.07, 6.45) is 1.68. The molecule has 0 aliphatic heterocycles. The molecule has 0 unspecified atom stereocenters. The van der Waals surface area contributed by atoms with Crippen LogP contribution in [0.15, 0.2) is 30.5 Å². The number of nitrogens with zero attached hydrogens (tertiary/aromatic N) is 2. The molecule has 0 aliphatic carbocycles. The number of halogens is 1. The maximum Gasteiger partial charge on any atom is 0.268 e. The fraction of sp³-hybridized carbons (Fsp3) is 0.286. The largest absolute Gasteiger partial charge is 0.373 e. The van der Waals surface area contributed by atoms with Crippen LogP contribution in [-0.2, 0) is 9.63 Å². The van der Waals surface area contributed by atoms with Gasteiger partial charge in [-0.25, -0.2) is 5.06 Å². The van der Waals surface area contributed by atoms with E-state index in [0.717, 1.165) is 16.6 Å². The summed E-state index contributed by atoms with van der Waals surface area (Å²) in [5.74, 6) is -0.161. The number of carbonyl (C=O) groups is 1. The highest BCUT2D eigenvalue weighted by Crippen LogP contribution is 2.24. The lowest BCUT2D eigenvalue weighted by atomic mass is 10.1. The van der Waals surface area contributed by atoms with Gasteiger partial charge in [-0.1, -0.05) is 11.6 Å². The Kier molecular flexibility index (Phi) is 4.42. The molecule has 1 amide bonds. The summed E-state index contributed by atoms with van der Waals surface area (Å²) in [4.78, 5) is 21.1. The number of anilines is 1. The van der Waals surface area contributed by atoms with E-state index in [1.807, 2.05) is 12.1 Å². The summed E-state index contributed by atoms with van der Waals surface area (Å²) in [6, 6.07) is 6.87. The van der Waals surface area contributed by atoms with Gasteiger partial charge in [-0.2, -0.15) is 0 Å². The van der Waals surface area contributed by atoms with Crippen LogP contribution in [0.25, 0.3) is 10.9 Å². The fourth-order valence-electron chi connectivity index (χ4n) is 1.90. The van der Waals surface area contributed by atoms with E-state index in [0.29, 0.717) is 5.02 Å². The highest BCUT2D eigenvalue weighted by molar-refractivity contribution is 6.31. The molecule has 0 fully saturated rings. The summed E-state index contributed by atoms with van der Waals surface area (Å²) in [6.45, 7) is 1.78. The number of aromatic nitrogens is 1. The SMILES string of the molecule is CON(C)C(=O)[C@H](C)Nc1ccnc2cc(Cl)ccc12. The van der Waals surface area contributed by atoms with Crippen LogP contribution in [0.2, 0.25) is 5.02 Å². The fourth-order valence-corrected chi connectivity index (χ4v) is 2.07. The number of hydroxylamine groups is 2. The van der Waals surface area contributed by atoms with Crippen molar-refractivity contribution in [3.63, 3.8) is 0 Å². The minimum Gasteiger partial charge on any atom is -0.373 e. The van der Waals surface area contributed by atoms with Crippen molar-refractivity contribution in [2.75, 3.05) is 19.5 Å². The molecule has 6 heteroatoms. The van der Waals surface area contributed by atoms with E-state index < -0.39 is 6.04 Å². The second kappa shape index (κ2) is 6.07. The molecule has 1 aromatic heterocycles. The monoisotopic (exact) mass is 293 g/mol. The molecule has 0 saturated heterocycles. The Morgan fingerprint density at radius 2 is 2.20 bits per heavy atom. The van der Waals surface area contributed by atoms with Gasteiger partial charge in [0.2, 0.25) is 0 Å². The average molecular weight is 294 g/mol. The minimum atomic E-state index is -0.416. The van der Waals surface area contributed by atoms with Gasteiger partial charge in [-0.05, 0) is 31.2 Å². The standard InChI is InChI=1S/C14H16ClN3O2/c1-9(14(19)18(2)20-3)17-12-6-7-16-13-8-10(15)4-5-11(12)13/h4-9H,1-3H3,(H,16,17)/t9-/m0/s1. The number of benzene rings is 1. The number of pyridine rings is 1. The Labute approximate surface area is 122 Å². The second-order valence-corrected chi connectivity index (χ2v) is 4.84. The third-order valence-electron chi connectivity index (χ3n) is 3.03. The Bertz CT molecular complexity index is 633. The molecule has 0 saturated carbocycles. The highest BCUT2D eigenvalue weighted by Gasteiger charge is 2.18. The van der Waals surface area contributed by atoms with Crippen molar-refractivity contribution in [1.82, 2.24) is 10.0 Å². The Morgan fingerprint density at radius 1 is 1.45 bits per heavy atom. The molecule has 0 spiro atoms. The summed E-state index contributed by atoms with van der Waals surface area (Å²) < 4.78 is 0. The van der Waals surface area contributed by atoms with Crippen LogP contribution in [0.3, 0.4) is 0 Å². The Balaban J connectivity index is 2.28. The van der Waals surface area contributed by atoms with Crippen molar-refractivity contribution in [1.29, 1.82) is 0 Å². The number of hydrogen-bond acceptors (Lipinski definition) is 4. The first kappa shape index (κ1) is 14.6. The van der Waals surface area contributed by atoms with Crippen LogP contribution in [0.1, 0.15) is 6.92 Å². The molecule has 1 atom stereocenters. The quantitative estimate of drug-likeness (QED) is 0.881.